The minimum absolute atomic E-state index is 0.0608. The molecule has 1 aliphatic carbocycles. The van der Waals surface area contributed by atoms with E-state index < -0.39 is 0 Å². The number of hydrogen-bond acceptors (Lipinski definition) is 2. The molecule has 0 atom stereocenters. The van der Waals surface area contributed by atoms with Gasteiger partial charge in [0.05, 0.1) is 10.7 Å². The molecule has 2 rings (SSSR count). The number of aryl methyl sites for hydroxylation is 2. The number of hydrogen-bond donors (Lipinski definition) is 1. The third-order valence-corrected chi connectivity index (χ3v) is 3.70. The molecule has 0 spiro atoms. The third-order valence-electron chi connectivity index (χ3n) is 3.40. The number of nitrogens with one attached hydrogen (secondary N) is 1. The maximum atomic E-state index is 12.1. The predicted octanol–water partition coefficient (Wildman–Crippen LogP) is 2.91. The Labute approximate surface area is 124 Å². The number of rotatable bonds is 4. The average molecular weight is 295 g/mol. The lowest BCUT2D eigenvalue weighted by atomic mass is 10.1. The van der Waals surface area contributed by atoms with Gasteiger partial charge >= 0.3 is 0 Å². The summed E-state index contributed by atoms with van der Waals surface area (Å²) in [6.07, 6.45) is 1.97. The second kappa shape index (κ2) is 5.83. The molecule has 5 heteroatoms. The fourth-order valence-electron chi connectivity index (χ4n) is 2.29. The molecule has 0 radical (unpaired) electrons. The van der Waals surface area contributed by atoms with Crippen molar-refractivity contribution in [3.05, 3.63) is 28.3 Å². The minimum atomic E-state index is -0.207. The quantitative estimate of drug-likeness (QED) is 0.928. The first kappa shape index (κ1) is 14.9. The summed E-state index contributed by atoms with van der Waals surface area (Å²) >= 11 is 6.16. The van der Waals surface area contributed by atoms with Crippen molar-refractivity contribution >= 4 is 29.1 Å². The highest BCUT2D eigenvalue weighted by atomic mass is 35.5. The lowest BCUT2D eigenvalue weighted by Crippen LogP contribution is -2.38. The molecule has 1 fully saturated rings. The van der Waals surface area contributed by atoms with E-state index in [1.165, 1.54) is 6.92 Å². The Bertz CT molecular complexity index is 530. The first-order valence-corrected chi connectivity index (χ1v) is 7.10. The number of carbonyl (C=O) groups excluding carboxylic acids is 2. The van der Waals surface area contributed by atoms with Crippen LogP contribution < -0.4 is 5.32 Å². The van der Waals surface area contributed by atoms with E-state index in [1.54, 1.807) is 4.90 Å². The van der Waals surface area contributed by atoms with Crippen LogP contribution in [0, 0.1) is 13.8 Å². The molecule has 1 saturated carbocycles. The Morgan fingerprint density at radius 2 is 2.00 bits per heavy atom. The molecule has 1 N–H and O–H groups in total. The summed E-state index contributed by atoms with van der Waals surface area (Å²) in [7, 11) is 0. The van der Waals surface area contributed by atoms with Crippen LogP contribution in [0.4, 0.5) is 5.69 Å². The first-order chi connectivity index (χ1) is 9.38. The number of halogens is 1. The van der Waals surface area contributed by atoms with Crippen LogP contribution in [0.3, 0.4) is 0 Å². The Balaban J connectivity index is 2.06. The monoisotopic (exact) mass is 294 g/mol. The van der Waals surface area contributed by atoms with E-state index in [0.717, 1.165) is 24.0 Å². The summed E-state index contributed by atoms with van der Waals surface area (Å²) in [6, 6.07) is 4.01. The molecule has 0 heterocycles. The molecule has 0 aromatic heterocycles. The topological polar surface area (TPSA) is 49.4 Å². The summed E-state index contributed by atoms with van der Waals surface area (Å²) in [6.45, 7) is 5.44. The molecule has 0 saturated heterocycles. The Morgan fingerprint density at radius 1 is 1.35 bits per heavy atom. The largest absolute Gasteiger partial charge is 0.331 e. The highest BCUT2D eigenvalue weighted by Crippen LogP contribution is 2.29. The van der Waals surface area contributed by atoms with Gasteiger partial charge in [0.2, 0.25) is 11.8 Å². The number of nitrogens with zero attached hydrogens (tertiary/aromatic N) is 1. The van der Waals surface area contributed by atoms with Crippen LogP contribution in [0.5, 0.6) is 0 Å². The van der Waals surface area contributed by atoms with Crippen molar-refractivity contribution in [2.75, 3.05) is 11.9 Å². The number of anilines is 1. The van der Waals surface area contributed by atoms with Gasteiger partial charge in [-0.15, -0.1) is 0 Å². The van der Waals surface area contributed by atoms with Crippen LogP contribution in [0.25, 0.3) is 0 Å². The highest BCUT2D eigenvalue weighted by molar-refractivity contribution is 6.34. The van der Waals surface area contributed by atoms with Crippen LogP contribution in [0.2, 0.25) is 5.02 Å². The van der Waals surface area contributed by atoms with E-state index in [0.29, 0.717) is 10.7 Å². The summed E-state index contributed by atoms with van der Waals surface area (Å²) in [5, 5.41) is 3.33. The van der Waals surface area contributed by atoms with E-state index in [1.807, 2.05) is 26.0 Å². The van der Waals surface area contributed by atoms with Crippen LogP contribution in [0.15, 0.2) is 12.1 Å². The number of carbonyl (C=O) groups is 2. The smallest absolute Gasteiger partial charge is 0.244 e. The van der Waals surface area contributed by atoms with Gasteiger partial charge in [-0.2, -0.15) is 0 Å². The lowest BCUT2D eigenvalue weighted by Gasteiger charge is -2.20. The fraction of sp³-hybridized carbons (Fsp3) is 0.467. The van der Waals surface area contributed by atoms with Crippen molar-refractivity contribution in [2.45, 2.75) is 39.7 Å². The van der Waals surface area contributed by atoms with Gasteiger partial charge in [-0.3, -0.25) is 9.59 Å². The van der Waals surface area contributed by atoms with Crippen molar-refractivity contribution < 1.29 is 9.59 Å². The van der Waals surface area contributed by atoms with Crippen molar-refractivity contribution in [1.82, 2.24) is 4.90 Å². The van der Waals surface area contributed by atoms with Gasteiger partial charge in [0.25, 0.3) is 0 Å². The molecule has 0 bridgehead atoms. The molecule has 4 nitrogen and oxygen atoms in total. The standard InChI is InChI=1S/C15H19ClN2O2/c1-9-6-10(2)15(13(16)7-9)17-14(20)8-18(11(3)19)12-4-5-12/h6-7,12H,4-5,8H2,1-3H3,(H,17,20). The highest BCUT2D eigenvalue weighted by Gasteiger charge is 2.32. The molecular weight excluding hydrogens is 276 g/mol. The van der Waals surface area contributed by atoms with Gasteiger partial charge in [-0.05, 0) is 43.9 Å². The van der Waals surface area contributed by atoms with Crippen molar-refractivity contribution in [1.29, 1.82) is 0 Å². The molecule has 2 amide bonds. The number of benzene rings is 1. The van der Waals surface area contributed by atoms with Crippen LogP contribution >= 0.6 is 11.6 Å². The number of amides is 2. The van der Waals surface area contributed by atoms with E-state index in [2.05, 4.69) is 5.32 Å². The second-order valence-electron chi connectivity index (χ2n) is 5.36. The van der Waals surface area contributed by atoms with Gasteiger partial charge in [0.1, 0.15) is 6.54 Å². The predicted molar refractivity (Wildman–Crippen MR) is 80.0 cm³/mol. The van der Waals surface area contributed by atoms with E-state index in [9.17, 15) is 9.59 Å². The van der Waals surface area contributed by atoms with Gasteiger partial charge < -0.3 is 10.2 Å². The maximum Gasteiger partial charge on any atom is 0.244 e. The van der Waals surface area contributed by atoms with Crippen LogP contribution in [0.1, 0.15) is 30.9 Å². The molecular formula is C15H19ClN2O2. The average Bonchev–Trinajstić information content (AvgIpc) is 3.14. The SMILES string of the molecule is CC(=O)N(CC(=O)Nc1c(C)cc(C)cc1Cl)C1CC1. The zero-order valence-electron chi connectivity index (χ0n) is 12.0. The third kappa shape index (κ3) is 3.51. The van der Waals surface area contributed by atoms with Crippen LogP contribution in [-0.2, 0) is 9.59 Å². The van der Waals surface area contributed by atoms with E-state index in [4.69, 9.17) is 11.6 Å². The lowest BCUT2D eigenvalue weighted by molar-refractivity contribution is -0.133. The maximum absolute atomic E-state index is 12.1. The molecule has 108 valence electrons. The van der Waals surface area contributed by atoms with Crippen molar-refractivity contribution in [3.63, 3.8) is 0 Å². The zero-order valence-corrected chi connectivity index (χ0v) is 12.8. The normalized spacial score (nSPS) is 14.0. The van der Waals surface area contributed by atoms with Crippen molar-refractivity contribution in [3.8, 4) is 0 Å². The van der Waals surface area contributed by atoms with E-state index in [-0.39, 0.29) is 24.4 Å². The van der Waals surface area contributed by atoms with Gasteiger partial charge in [0, 0.05) is 13.0 Å². The summed E-state index contributed by atoms with van der Waals surface area (Å²) in [4.78, 5) is 25.2. The van der Waals surface area contributed by atoms with Gasteiger partial charge in [0.15, 0.2) is 0 Å². The fourth-order valence-corrected chi connectivity index (χ4v) is 2.66. The Hall–Kier alpha value is -1.55. The first-order valence-electron chi connectivity index (χ1n) is 6.72. The summed E-state index contributed by atoms with van der Waals surface area (Å²) in [5.74, 6) is -0.268. The Morgan fingerprint density at radius 3 is 2.50 bits per heavy atom. The molecule has 0 aliphatic heterocycles. The summed E-state index contributed by atoms with van der Waals surface area (Å²) in [5.41, 5.74) is 2.60. The molecule has 1 aromatic carbocycles. The molecule has 1 aliphatic rings. The van der Waals surface area contributed by atoms with Gasteiger partial charge in [-0.25, -0.2) is 0 Å². The molecule has 0 unspecified atom stereocenters. The zero-order chi connectivity index (χ0) is 14.9. The minimum Gasteiger partial charge on any atom is -0.331 e. The van der Waals surface area contributed by atoms with Crippen molar-refractivity contribution in [2.24, 2.45) is 0 Å². The second-order valence-corrected chi connectivity index (χ2v) is 5.77. The molecule has 1 aromatic rings. The molecule has 20 heavy (non-hydrogen) atoms. The van der Waals surface area contributed by atoms with E-state index >= 15 is 0 Å². The Kier molecular flexibility index (Phi) is 4.33. The van der Waals surface area contributed by atoms with Crippen LogP contribution in [-0.4, -0.2) is 29.3 Å². The summed E-state index contributed by atoms with van der Waals surface area (Å²) < 4.78 is 0. The van der Waals surface area contributed by atoms with Gasteiger partial charge in [-0.1, -0.05) is 17.7 Å².